The Morgan fingerprint density at radius 1 is 0.879 bits per heavy atom. The Morgan fingerprint density at radius 2 is 1.33 bits per heavy atom. The van der Waals surface area contributed by atoms with Gasteiger partial charge in [0.05, 0.1) is 6.54 Å². The number of carbonyl (C=O) groups is 3. The van der Waals surface area contributed by atoms with Crippen molar-refractivity contribution >= 4 is 26.4 Å². The standard InChI is InChI=1S/C22H46N4O6Si/c1-20(2,3)30-18(28)25(10)13-14-26(19(29)31-21(4,5)6)15-16(17(27)24-23)32-33(11,12)22(7,8)9/h16H,13-15,23H2,1-12H3,(H,24,27)/t16-/m0/s1. The van der Waals surface area contributed by atoms with E-state index >= 15 is 0 Å². The molecule has 1 atom stereocenters. The van der Waals surface area contributed by atoms with Crippen molar-refractivity contribution in [2.75, 3.05) is 26.7 Å². The highest BCUT2D eigenvalue weighted by Gasteiger charge is 2.41. The van der Waals surface area contributed by atoms with E-state index in [0.717, 1.165) is 0 Å². The van der Waals surface area contributed by atoms with Crippen molar-refractivity contribution in [2.45, 2.75) is 97.8 Å². The van der Waals surface area contributed by atoms with Crippen molar-refractivity contribution in [3.8, 4) is 0 Å². The highest BCUT2D eigenvalue weighted by molar-refractivity contribution is 6.74. The second kappa shape index (κ2) is 11.5. The van der Waals surface area contributed by atoms with Gasteiger partial charge in [-0.15, -0.1) is 0 Å². The number of carbonyl (C=O) groups excluding carboxylic acids is 3. The van der Waals surface area contributed by atoms with E-state index in [0.29, 0.717) is 0 Å². The van der Waals surface area contributed by atoms with Gasteiger partial charge in [-0.2, -0.15) is 0 Å². The van der Waals surface area contributed by atoms with Gasteiger partial charge in [0.1, 0.15) is 17.3 Å². The zero-order chi connectivity index (χ0) is 26.4. The lowest BCUT2D eigenvalue weighted by molar-refractivity contribution is -0.129. The minimum atomic E-state index is -2.36. The Bertz CT molecular complexity index is 680. The molecule has 0 rings (SSSR count). The SMILES string of the molecule is CN(CCN(C[C@H](O[Si](C)(C)C(C)(C)C)C(=O)NN)C(=O)OC(C)(C)C)C(=O)OC(C)(C)C. The molecular formula is C22H46N4O6Si. The van der Waals surface area contributed by atoms with Crippen LogP contribution in [0.1, 0.15) is 62.3 Å². The maximum atomic E-state index is 12.9. The van der Waals surface area contributed by atoms with Gasteiger partial charge in [0, 0.05) is 20.1 Å². The van der Waals surface area contributed by atoms with E-state index in [1.165, 1.54) is 9.80 Å². The zero-order valence-electron chi connectivity index (χ0n) is 22.6. The van der Waals surface area contributed by atoms with E-state index in [1.807, 2.05) is 13.1 Å². The second-order valence-electron chi connectivity index (χ2n) is 11.7. The van der Waals surface area contributed by atoms with Crippen LogP contribution >= 0.6 is 0 Å². The molecule has 0 aliphatic heterocycles. The van der Waals surface area contributed by atoms with Crippen molar-refractivity contribution < 1.29 is 28.3 Å². The van der Waals surface area contributed by atoms with Gasteiger partial charge in [0.2, 0.25) is 0 Å². The van der Waals surface area contributed by atoms with Crippen LogP contribution in [0.15, 0.2) is 0 Å². The number of hydrogen-bond acceptors (Lipinski definition) is 7. The van der Waals surface area contributed by atoms with E-state index in [4.69, 9.17) is 19.7 Å². The molecule has 33 heavy (non-hydrogen) atoms. The molecule has 10 nitrogen and oxygen atoms in total. The summed E-state index contributed by atoms with van der Waals surface area (Å²) in [5.74, 6) is 4.87. The first-order valence-electron chi connectivity index (χ1n) is 11.2. The summed E-state index contributed by atoms with van der Waals surface area (Å²) in [6.45, 7) is 21.0. The number of nitrogens with one attached hydrogen (secondary N) is 1. The molecule has 0 heterocycles. The summed E-state index contributed by atoms with van der Waals surface area (Å²) in [6, 6.07) is 0. The number of hydrogen-bond donors (Lipinski definition) is 2. The third kappa shape index (κ3) is 11.7. The van der Waals surface area contributed by atoms with Crippen molar-refractivity contribution in [1.82, 2.24) is 15.2 Å². The molecule has 0 spiro atoms. The highest BCUT2D eigenvalue weighted by atomic mass is 28.4. The quantitative estimate of drug-likeness (QED) is 0.231. The number of hydrazine groups is 1. The minimum Gasteiger partial charge on any atom is -0.444 e. The molecule has 0 saturated carbocycles. The first kappa shape index (κ1) is 31.1. The summed E-state index contributed by atoms with van der Waals surface area (Å²) in [7, 11) is -0.784. The molecule has 0 radical (unpaired) electrons. The summed E-state index contributed by atoms with van der Waals surface area (Å²) >= 11 is 0. The Labute approximate surface area is 200 Å². The van der Waals surface area contributed by atoms with Crippen LogP contribution < -0.4 is 11.3 Å². The van der Waals surface area contributed by atoms with Crippen molar-refractivity contribution in [3.05, 3.63) is 0 Å². The minimum absolute atomic E-state index is 0.0768. The van der Waals surface area contributed by atoms with Gasteiger partial charge in [-0.05, 0) is 59.7 Å². The molecule has 0 aromatic rings. The Balaban J connectivity index is 5.70. The lowest BCUT2D eigenvalue weighted by atomic mass is 10.2. The van der Waals surface area contributed by atoms with Gasteiger partial charge in [0.25, 0.3) is 5.91 Å². The molecule has 0 unspecified atom stereocenters. The van der Waals surface area contributed by atoms with Gasteiger partial charge in [-0.1, -0.05) is 20.8 Å². The largest absolute Gasteiger partial charge is 0.444 e. The molecule has 0 aromatic heterocycles. The van der Waals surface area contributed by atoms with Crippen LogP contribution in [0.4, 0.5) is 9.59 Å². The zero-order valence-corrected chi connectivity index (χ0v) is 23.6. The van der Waals surface area contributed by atoms with Crippen LogP contribution in [0, 0.1) is 0 Å². The van der Waals surface area contributed by atoms with Crippen LogP contribution in [0.2, 0.25) is 18.1 Å². The lowest BCUT2D eigenvalue weighted by Crippen LogP contribution is -2.55. The molecule has 3 N–H and O–H groups in total. The van der Waals surface area contributed by atoms with Crippen LogP contribution in [-0.2, 0) is 18.7 Å². The molecule has 0 fully saturated rings. The van der Waals surface area contributed by atoms with E-state index < -0.39 is 43.7 Å². The molecule has 3 amide bonds. The molecule has 0 aliphatic rings. The maximum absolute atomic E-state index is 12.9. The van der Waals surface area contributed by atoms with Crippen LogP contribution in [0.25, 0.3) is 0 Å². The van der Waals surface area contributed by atoms with Crippen LogP contribution in [0.5, 0.6) is 0 Å². The van der Waals surface area contributed by atoms with E-state index in [9.17, 15) is 14.4 Å². The molecule has 0 aliphatic carbocycles. The molecule has 0 saturated heterocycles. The first-order valence-corrected chi connectivity index (χ1v) is 14.1. The van der Waals surface area contributed by atoms with E-state index in [1.54, 1.807) is 48.6 Å². The summed E-state index contributed by atoms with van der Waals surface area (Å²) in [6.07, 6.45) is -2.12. The fourth-order valence-corrected chi connectivity index (χ4v) is 3.53. The van der Waals surface area contributed by atoms with E-state index in [2.05, 4.69) is 26.2 Å². The highest BCUT2D eigenvalue weighted by Crippen LogP contribution is 2.37. The summed E-state index contributed by atoms with van der Waals surface area (Å²) in [5, 5.41) is -0.159. The maximum Gasteiger partial charge on any atom is 0.410 e. The second-order valence-corrected chi connectivity index (χ2v) is 16.5. The van der Waals surface area contributed by atoms with Gasteiger partial charge in [0.15, 0.2) is 8.32 Å². The van der Waals surface area contributed by atoms with Crippen LogP contribution in [-0.4, -0.2) is 80.2 Å². The van der Waals surface area contributed by atoms with E-state index in [-0.39, 0.29) is 24.7 Å². The predicted octanol–water partition coefficient (Wildman–Crippen LogP) is 3.47. The molecule has 194 valence electrons. The normalized spacial score (nSPS) is 13.7. The number of amides is 3. The lowest BCUT2D eigenvalue weighted by Gasteiger charge is -2.40. The molecular weight excluding hydrogens is 444 g/mol. The average molecular weight is 491 g/mol. The van der Waals surface area contributed by atoms with Gasteiger partial charge in [-0.25, -0.2) is 15.4 Å². The smallest absolute Gasteiger partial charge is 0.410 e. The monoisotopic (exact) mass is 490 g/mol. The molecule has 11 heteroatoms. The van der Waals surface area contributed by atoms with Gasteiger partial charge < -0.3 is 23.7 Å². The topological polar surface area (TPSA) is 123 Å². The summed E-state index contributed by atoms with van der Waals surface area (Å²) in [4.78, 5) is 40.5. The van der Waals surface area contributed by atoms with Crippen molar-refractivity contribution in [1.29, 1.82) is 0 Å². The number of nitrogens with two attached hydrogens (primary N) is 1. The van der Waals surface area contributed by atoms with Gasteiger partial charge >= 0.3 is 12.2 Å². The fraction of sp³-hybridized carbons (Fsp3) is 0.864. The predicted molar refractivity (Wildman–Crippen MR) is 131 cm³/mol. The Hall–Kier alpha value is -1.85. The number of likely N-dealkylation sites (N-methyl/N-ethyl adjacent to an activating group) is 1. The number of ether oxygens (including phenoxy) is 2. The third-order valence-corrected chi connectivity index (χ3v) is 9.61. The molecule has 0 bridgehead atoms. The van der Waals surface area contributed by atoms with Crippen LogP contribution in [0.3, 0.4) is 0 Å². The molecule has 0 aromatic carbocycles. The first-order chi connectivity index (χ1) is 14.6. The van der Waals surface area contributed by atoms with Crippen molar-refractivity contribution in [3.63, 3.8) is 0 Å². The number of rotatable bonds is 8. The Morgan fingerprint density at radius 3 is 1.73 bits per heavy atom. The summed E-state index contributed by atoms with van der Waals surface area (Å²) < 4.78 is 17.2. The Kier molecular flexibility index (Phi) is 10.9. The van der Waals surface area contributed by atoms with Crippen molar-refractivity contribution in [2.24, 2.45) is 5.84 Å². The number of nitrogens with zero attached hydrogens (tertiary/aromatic N) is 2. The fourth-order valence-electron chi connectivity index (χ4n) is 2.28. The average Bonchev–Trinajstić information content (AvgIpc) is 2.58. The van der Waals surface area contributed by atoms with Gasteiger partial charge in [-0.3, -0.25) is 10.2 Å². The third-order valence-electron chi connectivity index (χ3n) is 5.13. The summed E-state index contributed by atoms with van der Waals surface area (Å²) in [5.41, 5.74) is 0.756.